The van der Waals surface area contributed by atoms with E-state index in [0.717, 1.165) is 5.56 Å². The van der Waals surface area contributed by atoms with Gasteiger partial charge in [-0.15, -0.1) is 12.3 Å². The smallest absolute Gasteiger partial charge is 0.238 e. The number of nitrogens with two attached hydrogens (primary N) is 1. The molecule has 3 N–H and O–H groups in total. The molecule has 2 atom stereocenters. The predicted molar refractivity (Wildman–Crippen MR) is 62.3 cm³/mol. The number of nitrogens with one attached hydrogen (secondary N) is 1. The van der Waals surface area contributed by atoms with Gasteiger partial charge in [0.05, 0.1) is 12.1 Å². The molecule has 1 aromatic rings. The van der Waals surface area contributed by atoms with E-state index in [4.69, 9.17) is 12.2 Å². The highest BCUT2D eigenvalue weighted by molar-refractivity contribution is 7.07. The summed E-state index contributed by atoms with van der Waals surface area (Å²) in [7, 11) is 0. The molecule has 3 nitrogen and oxygen atoms in total. The van der Waals surface area contributed by atoms with Crippen LogP contribution in [0.3, 0.4) is 0 Å². The van der Waals surface area contributed by atoms with E-state index in [9.17, 15) is 4.79 Å². The molecule has 15 heavy (non-hydrogen) atoms. The van der Waals surface area contributed by atoms with Gasteiger partial charge in [-0.3, -0.25) is 4.79 Å². The zero-order valence-corrected chi connectivity index (χ0v) is 9.38. The second-order valence-electron chi connectivity index (χ2n) is 3.30. The number of hydrogen-bond donors (Lipinski definition) is 2. The van der Waals surface area contributed by atoms with Crippen LogP contribution in [-0.2, 0) is 4.79 Å². The molecule has 1 aromatic heterocycles. The molecule has 0 aliphatic rings. The molecule has 2 unspecified atom stereocenters. The Bertz CT molecular complexity index is 353. The first-order chi connectivity index (χ1) is 7.15. The number of amides is 1. The Morgan fingerprint density at radius 1 is 1.80 bits per heavy atom. The molecule has 4 heteroatoms. The maximum atomic E-state index is 11.5. The van der Waals surface area contributed by atoms with E-state index in [1.807, 2.05) is 23.8 Å². The van der Waals surface area contributed by atoms with Crippen molar-refractivity contribution in [2.45, 2.75) is 25.4 Å². The number of hydrogen-bond acceptors (Lipinski definition) is 3. The summed E-state index contributed by atoms with van der Waals surface area (Å²) in [6, 6.07) is 1.34. The van der Waals surface area contributed by atoms with Crippen LogP contribution in [0, 0.1) is 12.3 Å². The minimum absolute atomic E-state index is 0.0208. The summed E-state index contributed by atoms with van der Waals surface area (Å²) >= 11 is 1.60. The van der Waals surface area contributed by atoms with E-state index in [0.29, 0.717) is 0 Å². The molecule has 0 spiro atoms. The Hall–Kier alpha value is -1.31. The molecule has 0 aromatic carbocycles. The Morgan fingerprint density at radius 2 is 2.53 bits per heavy atom. The van der Waals surface area contributed by atoms with Crippen LogP contribution in [0.25, 0.3) is 0 Å². The minimum atomic E-state index is -0.615. The van der Waals surface area contributed by atoms with Gasteiger partial charge in [0, 0.05) is 6.42 Å². The zero-order valence-electron chi connectivity index (χ0n) is 8.57. The number of carbonyl (C=O) groups is 1. The van der Waals surface area contributed by atoms with Crippen molar-refractivity contribution in [1.82, 2.24) is 5.32 Å². The molecule has 0 saturated heterocycles. The van der Waals surface area contributed by atoms with E-state index in [1.54, 1.807) is 11.3 Å². The summed E-state index contributed by atoms with van der Waals surface area (Å²) in [5.41, 5.74) is 6.66. The number of rotatable bonds is 4. The summed E-state index contributed by atoms with van der Waals surface area (Å²) < 4.78 is 0. The van der Waals surface area contributed by atoms with Gasteiger partial charge < -0.3 is 11.1 Å². The van der Waals surface area contributed by atoms with Crippen molar-refractivity contribution in [2.24, 2.45) is 5.73 Å². The van der Waals surface area contributed by atoms with Gasteiger partial charge in [0.25, 0.3) is 0 Å². The van der Waals surface area contributed by atoms with E-state index in [-0.39, 0.29) is 18.4 Å². The van der Waals surface area contributed by atoms with Crippen molar-refractivity contribution in [1.29, 1.82) is 0 Å². The summed E-state index contributed by atoms with van der Waals surface area (Å²) in [5, 5.41) is 6.78. The summed E-state index contributed by atoms with van der Waals surface area (Å²) in [4.78, 5) is 11.5. The van der Waals surface area contributed by atoms with Gasteiger partial charge in [0.15, 0.2) is 0 Å². The third-order valence-electron chi connectivity index (χ3n) is 2.08. The highest BCUT2D eigenvalue weighted by atomic mass is 32.1. The first-order valence-corrected chi connectivity index (χ1v) is 5.61. The molecular formula is C11H14N2OS. The van der Waals surface area contributed by atoms with Crippen molar-refractivity contribution < 1.29 is 4.79 Å². The van der Waals surface area contributed by atoms with Crippen LogP contribution in [-0.4, -0.2) is 11.9 Å². The normalized spacial score (nSPS) is 13.9. The summed E-state index contributed by atoms with van der Waals surface area (Å²) in [5.74, 6) is 2.17. The fourth-order valence-corrected chi connectivity index (χ4v) is 1.90. The zero-order chi connectivity index (χ0) is 11.3. The lowest BCUT2D eigenvalue weighted by Gasteiger charge is -2.15. The van der Waals surface area contributed by atoms with Gasteiger partial charge in [-0.05, 0) is 29.3 Å². The number of terminal acetylenes is 1. The van der Waals surface area contributed by atoms with Gasteiger partial charge >= 0.3 is 0 Å². The van der Waals surface area contributed by atoms with Gasteiger partial charge in [-0.2, -0.15) is 11.3 Å². The molecule has 80 valence electrons. The van der Waals surface area contributed by atoms with Crippen LogP contribution in [0.5, 0.6) is 0 Å². The average molecular weight is 222 g/mol. The van der Waals surface area contributed by atoms with E-state index in [2.05, 4.69) is 11.2 Å². The maximum absolute atomic E-state index is 11.5. The molecule has 1 rings (SSSR count). The minimum Gasteiger partial charge on any atom is -0.348 e. The third-order valence-corrected chi connectivity index (χ3v) is 2.78. The molecule has 1 heterocycles. The first-order valence-electron chi connectivity index (χ1n) is 4.66. The standard InChI is InChI=1S/C11H14N2OS/c1-3-4-10(12)11(14)13-8(2)9-5-6-15-7-9/h1,5-8,10H,4,12H2,2H3,(H,13,14). The lowest BCUT2D eigenvalue weighted by molar-refractivity contribution is -0.122. The molecular weight excluding hydrogens is 208 g/mol. The van der Waals surface area contributed by atoms with Gasteiger partial charge in [0.2, 0.25) is 5.91 Å². The molecule has 0 aliphatic heterocycles. The monoisotopic (exact) mass is 222 g/mol. The highest BCUT2D eigenvalue weighted by Crippen LogP contribution is 2.15. The molecule has 0 radical (unpaired) electrons. The number of carbonyl (C=O) groups excluding carboxylic acids is 1. The second-order valence-corrected chi connectivity index (χ2v) is 4.08. The average Bonchev–Trinajstić information content (AvgIpc) is 2.70. The number of thiophene rings is 1. The van der Waals surface area contributed by atoms with Crippen molar-refractivity contribution >= 4 is 17.2 Å². The lowest BCUT2D eigenvalue weighted by atomic mass is 10.1. The fraction of sp³-hybridized carbons (Fsp3) is 0.364. The van der Waals surface area contributed by atoms with E-state index >= 15 is 0 Å². The Morgan fingerprint density at radius 3 is 3.07 bits per heavy atom. The SMILES string of the molecule is C#CCC(N)C(=O)NC(C)c1ccsc1. The molecule has 0 fully saturated rings. The topological polar surface area (TPSA) is 55.1 Å². The predicted octanol–water partition coefficient (Wildman–Crippen LogP) is 1.28. The van der Waals surface area contributed by atoms with Crippen LogP contribution >= 0.6 is 11.3 Å². The first kappa shape index (κ1) is 11.8. The van der Waals surface area contributed by atoms with Crippen LogP contribution in [0.4, 0.5) is 0 Å². The van der Waals surface area contributed by atoms with Crippen molar-refractivity contribution in [3.8, 4) is 12.3 Å². The Kier molecular flexibility index (Phi) is 4.35. The third kappa shape index (κ3) is 3.39. The molecule has 0 bridgehead atoms. The van der Waals surface area contributed by atoms with E-state index < -0.39 is 6.04 Å². The van der Waals surface area contributed by atoms with E-state index in [1.165, 1.54) is 0 Å². The van der Waals surface area contributed by atoms with Crippen LogP contribution in [0.2, 0.25) is 0 Å². The van der Waals surface area contributed by atoms with Crippen LogP contribution in [0.15, 0.2) is 16.8 Å². The molecule has 0 aliphatic carbocycles. The van der Waals surface area contributed by atoms with Crippen LogP contribution in [0.1, 0.15) is 24.9 Å². The summed E-state index contributed by atoms with van der Waals surface area (Å²) in [6.45, 7) is 1.92. The van der Waals surface area contributed by atoms with Gasteiger partial charge in [-0.1, -0.05) is 0 Å². The fourth-order valence-electron chi connectivity index (χ4n) is 1.14. The quantitative estimate of drug-likeness (QED) is 0.754. The van der Waals surface area contributed by atoms with Crippen molar-refractivity contribution in [3.63, 3.8) is 0 Å². The van der Waals surface area contributed by atoms with Crippen molar-refractivity contribution in [3.05, 3.63) is 22.4 Å². The Balaban J connectivity index is 2.49. The Labute approximate surface area is 93.7 Å². The van der Waals surface area contributed by atoms with Crippen LogP contribution < -0.4 is 11.1 Å². The molecule has 1 amide bonds. The van der Waals surface area contributed by atoms with Crippen molar-refractivity contribution in [2.75, 3.05) is 0 Å². The maximum Gasteiger partial charge on any atom is 0.238 e. The lowest BCUT2D eigenvalue weighted by Crippen LogP contribution is -2.41. The molecule has 0 saturated carbocycles. The highest BCUT2D eigenvalue weighted by Gasteiger charge is 2.15. The van der Waals surface area contributed by atoms with Gasteiger partial charge in [-0.25, -0.2) is 0 Å². The van der Waals surface area contributed by atoms with Gasteiger partial charge in [0.1, 0.15) is 0 Å². The second kappa shape index (κ2) is 5.54. The largest absolute Gasteiger partial charge is 0.348 e. The summed E-state index contributed by atoms with van der Waals surface area (Å²) in [6.07, 6.45) is 5.35.